The predicted molar refractivity (Wildman–Crippen MR) is 104 cm³/mol. The molecule has 2 heterocycles. The molecule has 1 aromatic rings. The van der Waals surface area contributed by atoms with E-state index in [0.29, 0.717) is 6.61 Å². The first-order valence-electron chi connectivity index (χ1n) is 8.06. The van der Waals surface area contributed by atoms with Crippen molar-refractivity contribution >= 4 is 29.9 Å². The van der Waals surface area contributed by atoms with E-state index in [0.717, 1.165) is 37.9 Å². The molecule has 1 atom stereocenters. The van der Waals surface area contributed by atoms with Gasteiger partial charge in [-0.3, -0.25) is 9.89 Å². The third-order valence-electron chi connectivity index (χ3n) is 3.99. The Kier molecular flexibility index (Phi) is 10.3. The molecule has 132 valence electrons. The number of ether oxygens (including phenoxy) is 1. The van der Waals surface area contributed by atoms with Crippen LogP contribution >= 0.6 is 24.0 Å². The summed E-state index contributed by atoms with van der Waals surface area (Å²) in [4.78, 5) is 6.75. The SMILES string of the molecule is CN=C(NCCOC)NCC(c1ccco1)N1CCCCC1.I. The molecule has 1 aliphatic heterocycles. The molecule has 2 rings (SSSR count). The Morgan fingerprint density at radius 2 is 2.13 bits per heavy atom. The number of aliphatic imine (C=N–C) groups is 1. The van der Waals surface area contributed by atoms with E-state index in [1.165, 1.54) is 19.3 Å². The van der Waals surface area contributed by atoms with E-state index < -0.39 is 0 Å². The summed E-state index contributed by atoms with van der Waals surface area (Å²) < 4.78 is 10.7. The highest BCUT2D eigenvalue weighted by Gasteiger charge is 2.24. The second-order valence-electron chi connectivity index (χ2n) is 5.50. The average Bonchev–Trinajstić information content (AvgIpc) is 3.09. The van der Waals surface area contributed by atoms with Crippen molar-refractivity contribution in [3.63, 3.8) is 0 Å². The van der Waals surface area contributed by atoms with Gasteiger partial charge in [-0.15, -0.1) is 24.0 Å². The smallest absolute Gasteiger partial charge is 0.191 e. The molecule has 0 saturated carbocycles. The van der Waals surface area contributed by atoms with Crippen molar-refractivity contribution < 1.29 is 9.15 Å². The van der Waals surface area contributed by atoms with E-state index >= 15 is 0 Å². The second kappa shape index (κ2) is 11.7. The molecule has 1 aliphatic rings. The number of likely N-dealkylation sites (tertiary alicyclic amines) is 1. The van der Waals surface area contributed by atoms with Crippen LogP contribution in [-0.4, -0.2) is 57.8 Å². The van der Waals surface area contributed by atoms with Gasteiger partial charge in [0.05, 0.1) is 18.9 Å². The number of hydrogen-bond donors (Lipinski definition) is 2. The minimum absolute atomic E-state index is 0. The third-order valence-corrected chi connectivity index (χ3v) is 3.99. The number of nitrogens with zero attached hydrogens (tertiary/aromatic N) is 2. The monoisotopic (exact) mass is 436 g/mol. The topological polar surface area (TPSA) is 62.0 Å². The van der Waals surface area contributed by atoms with E-state index in [9.17, 15) is 0 Å². The van der Waals surface area contributed by atoms with E-state index in [1.54, 1.807) is 20.4 Å². The molecule has 23 heavy (non-hydrogen) atoms. The van der Waals surface area contributed by atoms with Gasteiger partial charge >= 0.3 is 0 Å². The molecule has 0 radical (unpaired) electrons. The summed E-state index contributed by atoms with van der Waals surface area (Å²) in [7, 11) is 3.48. The number of guanidine groups is 1. The molecule has 6 nitrogen and oxygen atoms in total. The van der Waals surface area contributed by atoms with Crippen molar-refractivity contribution in [2.24, 2.45) is 4.99 Å². The number of methoxy groups -OCH3 is 1. The first kappa shape index (κ1) is 20.2. The summed E-state index contributed by atoms with van der Waals surface area (Å²) in [5, 5.41) is 6.63. The Hall–Kier alpha value is -0.800. The van der Waals surface area contributed by atoms with Crippen molar-refractivity contribution in [1.29, 1.82) is 0 Å². The van der Waals surface area contributed by atoms with E-state index in [1.807, 2.05) is 6.07 Å². The van der Waals surface area contributed by atoms with Crippen LogP contribution in [-0.2, 0) is 4.74 Å². The number of hydrogen-bond acceptors (Lipinski definition) is 4. The summed E-state index contributed by atoms with van der Waals surface area (Å²) in [6.45, 7) is 4.44. The molecule has 1 saturated heterocycles. The maximum absolute atomic E-state index is 5.65. The van der Waals surface area contributed by atoms with Crippen LogP contribution in [0.2, 0.25) is 0 Å². The zero-order chi connectivity index (χ0) is 15.6. The van der Waals surface area contributed by atoms with Gasteiger partial charge in [0.25, 0.3) is 0 Å². The molecular weight excluding hydrogens is 407 g/mol. The van der Waals surface area contributed by atoms with Gasteiger partial charge in [0.15, 0.2) is 5.96 Å². The van der Waals surface area contributed by atoms with Crippen LogP contribution in [0.5, 0.6) is 0 Å². The molecule has 0 aliphatic carbocycles. The lowest BCUT2D eigenvalue weighted by atomic mass is 10.1. The van der Waals surface area contributed by atoms with Crippen LogP contribution < -0.4 is 10.6 Å². The highest BCUT2D eigenvalue weighted by atomic mass is 127. The Labute approximate surface area is 156 Å². The van der Waals surface area contributed by atoms with Gasteiger partial charge in [-0.2, -0.15) is 0 Å². The van der Waals surface area contributed by atoms with Gasteiger partial charge in [-0.05, 0) is 38.1 Å². The second-order valence-corrected chi connectivity index (χ2v) is 5.50. The largest absolute Gasteiger partial charge is 0.468 e. The molecule has 1 unspecified atom stereocenters. The van der Waals surface area contributed by atoms with Gasteiger partial charge in [-0.25, -0.2) is 0 Å². The van der Waals surface area contributed by atoms with Gasteiger partial charge in [0.2, 0.25) is 0 Å². The first-order chi connectivity index (χ1) is 10.8. The number of nitrogens with one attached hydrogen (secondary N) is 2. The Morgan fingerprint density at radius 1 is 1.35 bits per heavy atom. The van der Waals surface area contributed by atoms with E-state index in [-0.39, 0.29) is 30.0 Å². The fraction of sp³-hybridized carbons (Fsp3) is 0.688. The maximum Gasteiger partial charge on any atom is 0.191 e. The Bertz CT molecular complexity index is 433. The first-order valence-corrected chi connectivity index (χ1v) is 8.06. The normalized spacial score (nSPS) is 17.4. The molecule has 1 aromatic heterocycles. The van der Waals surface area contributed by atoms with Crippen molar-refractivity contribution in [3.05, 3.63) is 24.2 Å². The van der Waals surface area contributed by atoms with Crippen LogP contribution in [0.4, 0.5) is 0 Å². The Balaban J connectivity index is 0.00000264. The summed E-state index contributed by atoms with van der Waals surface area (Å²) in [5.74, 6) is 1.81. The number of piperidine rings is 1. The standard InChI is InChI=1S/C16H28N4O2.HI/c1-17-16(18-8-12-21-2)19-13-14(15-7-6-11-22-15)20-9-4-3-5-10-20;/h6-7,11,14H,3-5,8-10,12-13H2,1-2H3,(H2,17,18,19);1H. The quantitative estimate of drug-likeness (QED) is 0.297. The maximum atomic E-state index is 5.65. The lowest BCUT2D eigenvalue weighted by Crippen LogP contribution is -2.45. The number of furan rings is 1. The van der Waals surface area contributed by atoms with Gasteiger partial charge < -0.3 is 19.8 Å². The van der Waals surface area contributed by atoms with Crippen LogP contribution in [0.15, 0.2) is 27.8 Å². The average molecular weight is 436 g/mol. The van der Waals surface area contributed by atoms with Crippen LogP contribution in [0.25, 0.3) is 0 Å². The summed E-state index contributed by atoms with van der Waals surface area (Å²) in [6, 6.07) is 4.26. The number of rotatable bonds is 7. The van der Waals surface area contributed by atoms with Crippen LogP contribution in [0, 0.1) is 0 Å². The summed E-state index contributed by atoms with van der Waals surface area (Å²) in [6.07, 6.45) is 5.60. The minimum atomic E-state index is 0. The molecule has 0 spiro atoms. The highest BCUT2D eigenvalue weighted by molar-refractivity contribution is 14.0. The van der Waals surface area contributed by atoms with Gasteiger partial charge in [-0.1, -0.05) is 6.42 Å². The van der Waals surface area contributed by atoms with Crippen molar-refractivity contribution in [2.75, 3.05) is 46.9 Å². The molecule has 7 heteroatoms. The van der Waals surface area contributed by atoms with E-state index in [2.05, 4.69) is 26.6 Å². The molecule has 1 fully saturated rings. The lowest BCUT2D eigenvalue weighted by Gasteiger charge is -2.33. The summed E-state index contributed by atoms with van der Waals surface area (Å²) in [5.41, 5.74) is 0. The fourth-order valence-corrected chi connectivity index (χ4v) is 2.81. The van der Waals surface area contributed by atoms with Crippen LogP contribution in [0.3, 0.4) is 0 Å². The number of halogens is 1. The lowest BCUT2D eigenvalue weighted by molar-refractivity contribution is 0.146. The summed E-state index contributed by atoms with van der Waals surface area (Å²) >= 11 is 0. The van der Waals surface area contributed by atoms with Crippen molar-refractivity contribution in [1.82, 2.24) is 15.5 Å². The highest BCUT2D eigenvalue weighted by Crippen LogP contribution is 2.24. The molecule has 0 amide bonds. The van der Waals surface area contributed by atoms with Gasteiger partial charge in [0.1, 0.15) is 5.76 Å². The fourth-order valence-electron chi connectivity index (χ4n) is 2.81. The third kappa shape index (κ3) is 6.68. The molecule has 0 aromatic carbocycles. The zero-order valence-corrected chi connectivity index (χ0v) is 16.4. The van der Waals surface area contributed by atoms with Gasteiger partial charge in [0, 0.05) is 27.2 Å². The van der Waals surface area contributed by atoms with E-state index in [4.69, 9.17) is 9.15 Å². The predicted octanol–water partition coefficient (Wildman–Crippen LogP) is 2.24. The van der Waals surface area contributed by atoms with Crippen molar-refractivity contribution in [3.8, 4) is 0 Å². The van der Waals surface area contributed by atoms with Crippen molar-refractivity contribution in [2.45, 2.75) is 25.3 Å². The molecule has 2 N–H and O–H groups in total. The molecular formula is C16H29IN4O2. The van der Waals surface area contributed by atoms with Crippen LogP contribution in [0.1, 0.15) is 31.1 Å². The zero-order valence-electron chi connectivity index (χ0n) is 14.1. The minimum Gasteiger partial charge on any atom is -0.468 e. The molecule has 0 bridgehead atoms. The Morgan fingerprint density at radius 3 is 2.74 bits per heavy atom.